The molecule has 0 aliphatic carbocycles. The Morgan fingerprint density at radius 2 is 1.98 bits per heavy atom. The van der Waals surface area contributed by atoms with Crippen molar-refractivity contribution in [2.45, 2.75) is 32.7 Å². The number of imidazole rings is 1. The number of aryl methyl sites for hydroxylation is 1. The molecule has 11 nitrogen and oxygen atoms in total. The highest BCUT2D eigenvalue weighted by molar-refractivity contribution is 6.02. The van der Waals surface area contributed by atoms with Gasteiger partial charge in [0.15, 0.2) is 5.82 Å². The number of allylic oxidation sites excluding steroid dienone is 5. The Bertz CT molecular complexity index is 1620. The van der Waals surface area contributed by atoms with Gasteiger partial charge in [0.25, 0.3) is 0 Å². The van der Waals surface area contributed by atoms with Crippen LogP contribution >= 0.6 is 0 Å². The molecule has 11 heteroatoms. The van der Waals surface area contributed by atoms with Gasteiger partial charge in [0.1, 0.15) is 23.0 Å². The third-order valence-corrected chi connectivity index (χ3v) is 7.63. The maximum absolute atomic E-state index is 5.74. The molecule has 0 bridgehead atoms. The highest BCUT2D eigenvalue weighted by Crippen LogP contribution is 2.36. The van der Waals surface area contributed by atoms with Gasteiger partial charge < -0.3 is 29.1 Å². The molecule has 0 atom stereocenters. The molecular weight excluding hydrogens is 580 g/mol. The maximum atomic E-state index is 5.74. The minimum absolute atomic E-state index is 0.457. The van der Waals surface area contributed by atoms with Gasteiger partial charge in [-0.1, -0.05) is 37.0 Å². The summed E-state index contributed by atoms with van der Waals surface area (Å²) < 4.78 is 20.7. The SMILES string of the molecule is C=CC(=C\C(=C)C)/C(CCC/C=C(\c1nc(-c2cnn(C)c2)n(Cc2ccc(OC)cc2OC)c1N=C)N1CCOCC1)=N/NC. The van der Waals surface area contributed by atoms with Crippen molar-refractivity contribution in [2.75, 3.05) is 47.6 Å². The van der Waals surface area contributed by atoms with E-state index in [2.05, 4.69) is 56.0 Å². The molecule has 1 N–H and O–H groups in total. The first-order valence-corrected chi connectivity index (χ1v) is 15.4. The molecule has 1 fully saturated rings. The second-order valence-electron chi connectivity index (χ2n) is 10.9. The summed E-state index contributed by atoms with van der Waals surface area (Å²) in [5.74, 6) is 2.85. The monoisotopic (exact) mass is 626 g/mol. The number of hydrazone groups is 1. The first-order valence-electron chi connectivity index (χ1n) is 15.4. The molecule has 4 rings (SSSR count). The molecule has 3 aromatic rings. The zero-order valence-corrected chi connectivity index (χ0v) is 27.8. The molecule has 244 valence electrons. The van der Waals surface area contributed by atoms with E-state index in [0.717, 1.165) is 83.3 Å². The minimum atomic E-state index is 0.457. The van der Waals surface area contributed by atoms with E-state index in [-0.39, 0.29) is 0 Å². The van der Waals surface area contributed by atoms with Crippen molar-refractivity contribution >= 4 is 23.9 Å². The van der Waals surface area contributed by atoms with Crippen LogP contribution < -0.4 is 14.9 Å². The van der Waals surface area contributed by atoms with E-state index in [1.165, 1.54) is 0 Å². The number of methoxy groups -OCH3 is 2. The van der Waals surface area contributed by atoms with Crippen LogP contribution in [0.25, 0.3) is 17.1 Å². The summed E-state index contributed by atoms with van der Waals surface area (Å²) in [5.41, 5.74) is 9.39. The molecular formula is C35H46N8O3. The fraction of sp³-hybridized carbons (Fsp3) is 0.371. The van der Waals surface area contributed by atoms with Crippen LogP contribution in [0.5, 0.6) is 11.5 Å². The van der Waals surface area contributed by atoms with Gasteiger partial charge in [0.2, 0.25) is 0 Å². The second-order valence-corrected chi connectivity index (χ2v) is 10.9. The van der Waals surface area contributed by atoms with Crippen LogP contribution in [0.1, 0.15) is 37.4 Å². The number of nitrogens with zero attached hydrogens (tertiary/aromatic N) is 7. The first-order chi connectivity index (χ1) is 22.3. The van der Waals surface area contributed by atoms with Gasteiger partial charge in [0, 0.05) is 45.0 Å². The molecule has 0 radical (unpaired) electrons. The summed E-state index contributed by atoms with van der Waals surface area (Å²) in [6, 6.07) is 5.81. The van der Waals surface area contributed by atoms with Gasteiger partial charge in [-0.15, -0.1) is 0 Å². The highest BCUT2D eigenvalue weighted by atomic mass is 16.5. The Hall–Kier alpha value is -4.90. The largest absolute Gasteiger partial charge is 0.497 e. The van der Waals surface area contributed by atoms with Gasteiger partial charge in [0.05, 0.1) is 57.1 Å². The summed E-state index contributed by atoms with van der Waals surface area (Å²) in [5, 5.41) is 8.96. The lowest BCUT2D eigenvalue weighted by atomic mass is 10.0. The Balaban J connectivity index is 1.77. The predicted molar refractivity (Wildman–Crippen MR) is 186 cm³/mol. The van der Waals surface area contributed by atoms with Crippen molar-refractivity contribution in [1.82, 2.24) is 29.7 Å². The summed E-state index contributed by atoms with van der Waals surface area (Å²) in [7, 11) is 7.00. The standard InChI is InChI=1S/C35H46N8O3/c1-9-26(20-25(2)3)30(40-37-5)12-10-11-13-31(42-16-18-46-19-17-42)33-35(36-4)43(34(39-33)28-22-38-41(6)23-28)24-27-14-15-29(44-7)21-32(27)45-8/h9,13-15,20-23,37H,1-2,4,10-12,16-19,24H2,3,5-8H3/b26-20+,31-13+,40-30+. The zero-order chi connectivity index (χ0) is 33.1. The highest BCUT2D eigenvalue weighted by Gasteiger charge is 2.26. The van der Waals surface area contributed by atoms with Crippen LogP contribution in [-0.4, -0.2) is 84.2 Å². The van der Waals surface area contributed by atoms with E-state index in [4.69, 9.17) is 19.2 Å². The fourth-order valence-electron chi connectivity index (χ4n) is 5.45. The average Bonchev–Trinajstić information content (AvgIpc) is 3.66. The lowest BCUT2D eigenvalue weighted by Crippen LogP contribution is -2.35. The Kier molecular flexibility index (Phi) is 12.1. The van der Waals surface area contributed by atoms with Crippen LogP contribution in [0.15, 0.2) is 83.2 Å². The summed E-state index contributed by atoms with van der Waals surface area (Å²) in [6.07, 6.45) is 12.3. The normalized spacial score (nSPS) is 14.3. The number of hydrogen-bond acceptors (Lipinski definition) is 9. The molecule has 1 aliphatic heterocycles. The predicted octanol–water partition coefficient (Wildman–Crippen LogP) is 5.79. The number of aliphatic imine (C=N–C) groups is 1. The number of benzene rings is 1. The van der Waals surface area contributed by atoms with Gasteiger partial charge >= 0.3 is 0 Å². The van der Waals surface area contributed by atoms with Gasteiger partial charge in [-0.2, -0.15) is 10.2 Å². The fourth-order valence-corrected chi connectivity index (χ4v) is 5.45. The van der Waals surface area contributed by atoms with E-state index in [0.29, 0.717) is 31.3 Å². The van der Waals surface area contributed by atoms with Crippen LogP contribution in [0.2, 0.25) is 0 Å². The van der Waals surface area contributed by atoms with Crippen molar-refractivity contribution in [3.05, 3.63) is 84.4 Å². The Labute approximate surface area is 272 Å². The van der Waals surface area contributed by atoms with Gasteiger partial charge in [-0.05, 0) is 50.6 Å². The number of ether oxygens (including phenoxy) is 3. The molecule has 3 heterocycles. The lowest BCUT2D eigenvalue weighted by molar-refractivity contribution is 0.0638. The molecule has 2 aromatic heterocycles. The van der Waals surface area contributed by atoms with Gasteiger partial charge in [-0.25, -0.2) is 9.98 Å². The maximum Gasteiger partial charge on any atom is 0.162 e. The average molecular weight is 627 g/mol. The quantitative estimate of drug-likeness (QED) is 0.0930. The number of morpholine rings is 1. The van der Waals surface area contributed by atoms with E-state index in [1.54, 1.807) is 25.9 Å². The smallest absolute Gasteiger partial charge is 0.162 e. The molecule has 0 unspecified atom stereocenters. The number of nitrogens with one attached hydrogen (secondary N) is 1. The minimum Gasteiger partial charge on any atom is -0.497 e. The van der Waals surface area contributed by atoms with Crippen molar-refractivity contribution < 1.29 is 14.2 Å². The summed E-state index contributed by atoms with van der Waals surface area (Å²) in [6.45, 7) is 17.2. The molecule has 0 saturated carbocycles. The number of aromatic nitrogens is 4. The third-order valence-electron chi connectivity index (χ3n) is 7.63. The van der Waals surface area contributed by atoms with Crippen LogP contribution in [0.4, 0.5) is 5.82 Å². The number of rotatable bonds is 16. The van der Waals surface area contributed by atoms with E-state index in [1.807, 2.05) is 56.7 Å². The Morgan fingerprint density at radius 1 is 1.20 bits per heavy atom. The molecule has 1 aliphatic rings. The second kappa shape index (κ2) is 16.4. The zero-order valence-electron chi connectivity index (χ0n) is 27.8. The number of unbranched alkanes of at least 4 members (excludes halogenated alkanes) is 1. The van der Waals surface area contributed by atoms with Crippen LogP contribution in [-0.2, 0) is 18.3 Å². The molecule has 1 aromatic carbocycles. The van der Waals surface area contributed by atoms with Crippen LogP contribution in [0, 0.1) is 0 Å². The Morgan fingerprint density at radius 3 is 2.59 bits per heavy atom. The summed E-state index contributed by atoms with van der Waals surface area (Å²) in [4.78, 5) is 12.1. The van der Waals surface area contributed by atoms with Crippen molar-refractivity contribution in [1.29, 1.82) is 0 Å². The number of hydrogen-bond donors (Lipinski definition) is 1. The molecule has 0 spiro atoms. The van der Waals surface area contributed by atoms with Crippen molar-refractivity contribution in [3.8, 4) is 22.9 Å². The first kappa shape index (κ1) is 34.0. The van der Waals surface area contributed by atoms with Crippen molar-refractivity contribution in [3.63, 3.8) is 0 Å². The topological polar surface area (TPSA) is 103 Å². The lowest BCUT2D eigenvalue weighted by Gasteiger charge is -2.30. The van der Waals surface area contributed by atoms with E-state index >= 15 is 0 Å². The van der Waals surface area contributed by atoms with Crippen molar-refractivity contribution in [2.24, 2.45) is 17.1 Å². The molecule has 0 amide bonds. The molecule has 46 heavy (non-hydrogen) atoms. The summed E-state index contributed by atoms with van der Waals surface area (Å²) >= 11 is 0. The third kappa shape index (κ3) is 8.22. The van der Waals surface area contributed by atoms with Gasteiger partial charge in [-0.3, -0.25) is 4.68 Å². The molecule has 1 saturated heterocycles. The van der Waals surface area contributed by atoms with E-state index < -0.39 is 0 Å². The van der Waals surface area contributed by atoms with Crippen LogP contribution in [0.3, 0.4) is 0 Å². The van der Waals surface area contributed by atoms with E-state index in [9.17, 15) is 0 Å².